The van der Waals surface area contributed by atoms with E-state index in [1.807, 2.05) is 18.2 Å². The van der Waals surface area contributed by atoms with Crippen LogP contribution in [0.1, 0.15) is 37.0 Å². The van der Waals surface area contributed by atoms with Gasteiger partial charge in [0.2, 0.25) is 12.7 Å². The van der Waals surface area contributed by atoms with Crippen LogP contribution in [-0.4, -0.2) is 36.7 Å². The van der Waals surface area contributed by atoms with E-state index in [0.717, 1.165) is 36.6 Å². The quantitative estimate of drug-likeness (QED) is 0.780. The Balaban J connectivity index is 1.29. The summed E-state index contributed by atoms with van der Waals surface area (Å²) in [4.78, 5) is 15.0. The Morgan fingerprint density at radius 1 is 1.10 bits per heavy atom. The molecule has 0 aromatic heterocycles. The molecule has 0 aliphatic carbocycles. The molecule has 29 heavy (non-hydrogen) atoms. The van der Waals surface area contributed by atoms with E-state index in [0.29, 0.717) is 31.3 Å². The normalized spacial score (nSPS) is 16.5. The van der Waals surface area contributed by atoms with Crippen molar-refractivity contribution in [1.29, 1.82) is 0 Å². The highest BCUT2D eigenvalue weighted by Gasteiger charge is 2.26. The Bertz CT molecular complexity index is 865. The minimum Gasteiger partial charge on any atom is -0.454 e. The third-order valence-corrected chi connectivity index (χ3v) is 5.98. The molecule has 5 heteroatoms. The summed E-state index contributed by atoms with van der Waals surface area (Å²) in [5, 5.41) is 3.17. The maximum atomic E-state index is 12.5. The first-order valence-electron chi connectivity index (χ1n) is 10.6. The van der Waals surface area contributed by atoms with Crippen molar-refractivity contribution in [3.63, 3.8) is 0 Å². The zero-order valence-corrected chi connectivity index (χ0v) is 17.3. The number of carbonyl (C=O) groups is 1. The van der Waals surface area contributed by atoms with Gasteiger partial charge in [-0.2, -0.15) is 0 Å². The lowest BCUT2D eigenvalue weighted by atomic mass is 9.95. The van der Waals surface area contributed by atoms with Crippen LogP contribution in [0.25, 0.3) is 0 Å². The molecule has 1 amide bonds. The summed E-state index contributed by atoms with van der Waals surface area (Å²) in [5.41, 5.74) is 3.97. The molecule has 2 aliphatic rings. The highest BCUT2D eigenvalue weighted by molar-refractivity contribution is 5.76. The van der Waals surface area contributed by atoms with Gasteiger partial charge in [0.1, 0.15) is 0 Å². The fourth-order valence-electron chi connectivity index (χ4n) is 4.25. The Morgan fingerprint density at radius 3 is 2.72 bits per heavy atom. The molecule has 0 saturated carbocycles. The fraction of sp³-hybridized carbons (Fsp3) is 0.458. The molecule has 4 rings (SSSR count). The van der Waals surface area contributed by atoms with Crippen LogP contribution in [0.4, 0.5) is 0 Å². The summed E-state index contributed by atoms with van der Waals surface area (Å²) >= 11 is 0. The van der Waals surface area contributed by atoms with Gasteiger partial charge in [-0.25, -0.2) is 0 Å². The van der Waals surface area contributed by atoms with Gasteiger partial charge in [0.15, 0.2) is 11.5 Å². The second-order valence-corrected chi connectivity index (χ2v) is 8.29. The predicted octanol–water partition coefficient (Wildman–Crippen LogP) is 3.55. The summed E-state index contributed by atoms with van der Waals surface area (Å²) < 4.78 is 10.8. The second kappa shape index (κ2) is 8.87. The Labute approximate surface area is 173 Å². The number of fused-ring (bicyclic) bond motifs is 2. The summed E-state index contributed by atoms with van der Waals surface area (Å²) in [6, 6.07) is 14.9. The smallest absolute Gasteiger partial charge is 0.231 e. The Hall–Kier alpha value is -2.53. The average Bonchev–Trinajstić information content (AvgIpc) is 3.20. The third kappa shape index (κ3) is 4.73. The van der Waals surface area contributed by atoms with Crippen molar-refractivity contribution in [2.75, 3.05) is 19.9 Å². The third-order valence-electron chi connectivity index (χ3n) is 5.98. The molecule has 0 bridgehead atoms. The van der Waals surface area contributed by atoms with Gasteiger partial charge >= 0.3 is 0 Å². The summed E-state index contributed by atoms with van der Waals surface area (Å²) in [7, 11) is 0. The van der Waals surface area contributed by atoms with E-state index in [9.17, 15) is 4.79 Å². The van der Waals surface area contributed by atoms with Crippen LogP contribution >= 0.6 is 0 Å². The summed E-state index contributed by atoms with van der Waals surface area (Å²) in [5.74, 6) is 2.13. The number of hydrogen-bond acceptors (Lipinski definition) is 4. The van der Waals surface area contributed by atoms with Crippen LogP contribution in [0.15, 0.2) is 42.5 Å². The Morgan fingerprint density at radius 2 is 1.90 bits per heavy atom. The second-order valence-electron chi connectivity index (χ2n) is 8.29. The monoisotopic (exact) mass is 394 g/mol. The van der Waals surface area contributed by atoms with Crippen LogP contribution in [-0.2, 0) is 24.2 Å². The van der Waals surface area contributed by atoms with Crippen molar-refractivity contribution >= 4 is 5.91 Å². The number of nitrogens with zero attached hydrogens (tertiary/aromatic N) is 1. The maximum Gasteiger partial charge on any atom is 0.231 e. The van der Waals surface area contributed by atoms with Crippen LogP contribution in [0.3, 0.4) is 0 Å². The van der Waals surface area contributed by atoms with E-state index in [1.165, 1.54) is 11.1 Å². The number of benzene rings is 2. The first-order chi connectivity index (χ1) is 14.1. The molecule has 0 fully saturated rings. The zero-order valence-electron chi connectivity index (χ0n) is 17.3. The van der Waals surface area contributed by atoms with E-state index in [2.05, 4.69) is 48.3 Å². The van der Waals surface area contributed by atoms with Crippen LogP contribution in [0, 0.1) is 5.92 Å². The standard InChI is InChI=1S/C24H30N2O3/c1-17(2)21(26-12-11-19-5-3-4-6-20(19)15-26)14-25-24(27)10-8-18-7-9-22-23(13-18)29-16-28-22/h3-7,9,13,17,21H,8,10-12,14-16H2,1-2H3,(H,25,27). The number of carbonyl (C=O) groups excluding carboxylic acids is 1. The average molecular weight is 395 g/mol. The number of rotatable bonds is 7. The molecule has 0 radical (unpaired) electrons. The number of nitrogens with one attached hydrogen (secondary N) is 1. The van der Waals surface area contributed by atoms with E-state index >= 15 is 0 Å². The first-order valence-corrected chi connectivity index (χ1v) is 10.6. The van der Waals surface area contributed by atoms with E-state index in [-0.39, 0.29) is 12.7 Å². The number of hydrogen-bond donors (Lipinski definition) is 1. The van der Waals surface area contributed by atoms with Crippen molar-refractivity contribution in [3.05, 3.63) is 59.2 Å². The lowest BCUT2D eigenvalue weighted by molar-refractivity contribution is -0.121. The minimum atomic E-state index is 0.103. The van der Waals surface area contributed by atoms with Gasteiger partial charge < -0.3 is 14.8 Å². The minimum absolute atomic E-state index is 0.103. The highest BCUT2D eigenvalue weighted by atomic mass is 16.7. The maximum absolute atomic E-state index is 12.5. The van der Waals surface area contributed by atoms with Gasteiger partial charge in [0.05, 0.1) is 0 Å². The van der Waals surface area contributed by atoms with E-state index in [4.69, 9.17) is 9.47 Å². The first kappa shape index (κ1) is 19.8. The lowest BCUT2D eigenvalue weighted by Crippen LogP contribution is -2.48. The molecular weight excluding hydrogens is 364 g/mol. The van der Waals surface area contributed by atoms with Crippen molar-refractivity contribution in [3.8, 4) is 11.5 Å². The molecule has 0 spiro atoms. The SMILES string of the molecule is CC(C)C(CNC(=O)CCc1ccc2c(c1)OCO2)N1CCc2ccccc2C1. The number of amides is 1. The number of aryl methyl sites for hydroxylation is 1. The van der Waals surface area contributed by atoms with E-state index in [1.54, 1.807) is 0 Å². The molecule has 2 aromatic rings. The highest BCUT2D eigenvalue weighted by Crippen LogP contribution is 2.32. The Kier molecular flexibility index (Phi) is 6.05. The number of ether oxygens (including phenoxy) is 2. The fourth-order valence-corrected chi connectivity index (χ4v) is 4.25. The van der Waals surface area contributed by atoms with Gasteiger partial charge in [0.25, 0.3) is 0 Å². The molecule has 2 aromatic carbocycles. The van der Waals surface area contributed by atoms with Crippen molar-refractivity contribution < 1.29 is 14.3 Å². The molecular formula is C24H30N2O3. The molecule has 1 unspecified atom stereocenters. The van der Waals surface area contributed by atoms with Gasteiger partial charge in [-0.05, 0) is 47.6 Å². The molecule has 2 heterocycles. The lowest BCUT2D eigenvalue weighted by Gasteiger charge is -2.38. The molecule has 1 N–H and O–H groups in total. The molecule has 154 valence electrons. The molecule has 2 aliphatic heterocycles. The topological polar surface area (TPSA) is 50.8 Å². The van der Waals surface area contributed by atoms with Gasteiger partial charge in [-0.15, -0.1) is 0 Å². The van der Waals surface area contributed by atoms with Gasteiger partial charge in [-0.1, -0.05) is 44.2 Å². The largest absolute Gasteiger partial charge is 0.454 e. The summed E-state index contributed by atoms with van der Waals surface area (Å²) in [6.45, 7) is 7.46. The molecule has 0 saturated heterocycles. The van der Waals surface area contributed by atoms with Crippen LogP contribution < -0.4 is 14.8 Å². The van der Waals surface area contributed by atoms with Gasteiger partial charge in [-0.3, -0.25) is 9.69 Å². The zero-order chi connectivity index (χ0) is 20.2. The van der Waals surface area contributed by atoms with E-state index < -0.39 is 0 Å². The van der Waals surface area contributed by atoms with Crippen LogP contribution in [0.5, 0.6) is 11.5 Å². The van der Waals surface area contributed by atoms with Crippen molar-refractivity contribution in [1.82, 2.24) is 10.2 Å². The van der Waals surface area contributed by atoms with Gasteiger partial charge in [0, 0.05) is 32.1 Å². The molecule has 5 nitrogen and oxygen atoms in total. The molecule has 1 atom stereocenters. The van der Waals surface area contributed by atoms with Crippen LogP contribution in [0.2, 0.25) is 0 Å². The summed E-state index contributed by atoms with van der Waals surface area (Å²) in [6.07, 6.45) is 2.26. The van der Waals surface area contributed by atoms with Crippen molar-refractivity contribution in [2.24, 2.45) is 5.92 Å². The van der Waals surface area contributed by atoms with Crippen molar-refractivity contribution in [2.45, 2.75) is 45.7 Å². The predicted molar refractivity (Wildman–Crippen MR) is 113 cm³/mol.